The van der Waals surface area contributed by atoms with E-state index in [0.29, 0.717) is 10.6 Å². The van der Waals surface area contributed by atoms with E-state index >= 15 is 0 Å². The van der Waals surface area contributed by atoms with Crippen LogP contribution in [0.25, 0.3) is 0 Å². The molecule has 5 heteroatoms. The number of benzene rings is 1. The number of aryl methyl sites for hydroxylation is 1. The van der Waals surface area contributed by atoms with E-state index in [-0.39, 0.29) is 0 Å². The van der Waals surface area contributed by atoms with Crippen molar-refractivity contribution in [3.05, 3.63) is 47.5 Å². The highest BCUT2D eigenvalue weighted by molar-refractivity contribution is 6.30. The molecule has 0 aliphatic heterocycles. The first-order valence-corrected chi connectivity index (χ1v) is 6.06. The molecule has 1 aromatic carbocycles. The average molecular weight is 261 g/mol. The number of nitrogens with zero attached hydrogens (tertiary/aromatic N) is 3. The predicted octanol–water partition coefficient (Wildman–Crippen LogP) is 2.91. The Labute approximate surface area is 111 Å². The van der Waals surface area contributed by atoms with Crippen molar-refractivity contribution in [3.63, 3.8) is 0 Å². The molecule has 0 unspecified atom stereocenters. The van der Waals surface area contributed by atoms with E-state index in [0.717, 1.165) is 25.2 Å². The Kier molecular flexibility index (Phi) is 4.21. The van der Waals surface area contributed by atoms with Gasteiger partial charge < -0.3 is 9.88 Å². The minimum atomic E-state index is 0.574. The smallest absolute Gasteiger partial charge is 0.101 e. The van der Waals surface area contributed by atoms with Crippen molar-refractivity contribution in [2.75, 3.05) is 11.9 Å². The number of rotatable bonds is 5. The molecule has 0 amide bonds. The summed E-state index contributed by atoms with van der Waals surface area (Å²) in [4.78, 5) is 3.98. The van der Waals surface area contributed by atoms with Crippen LogP contribution in [0.1, 0.15) is 12.0 Å². The zero-order valence-corrected chi connectivity index (χ0v) is 10.6. The number of imidazole rings is 1. The van der Waals surface area contributed by atoms with Crippen LogP contribution >= 0.6 is 11.6 Å². The lowest BCUT2D eigenvalue weighted by molar-refractivity contribution is 0.661. The van der Waals surface area contributed by atoms with Crippen LogP contribution in [0.3, 0.4) is 0 Å². The van der Waals surface area contributed by atoms with Crippen molar-refractivity contribution in [2.24, 2.45) is 0 Å². The topological polar surface area (TPSA) is 53.6 Å². The van der Waals surface area contributed by atoms with Crippen LogP contribution < -0.4 is 5.32 Å². The van der Waals surface area contributed by atoms with Crippen molar-refractivity contribution < 1.29 is 0 Å². The minimum Gasteiger partial charge on any atom is -0.384 e. The molecule has 0 saturated carbocycles. The van der Waals surface area contributed by atoms with Gasteiger partial charge in [-0.2, -0.15) is 5.26 Å². The molecule has 1 heterocycles. The molecule has 1 N–H and O–H groups in total. The number of nitriles is 1. The fraction of sp³-hybridized carbons (Fsp3) is 0.231. The van der Waals surface area contributed by atoms with Gasteiger partial charge in [-0.05, 0) is 24.6 Å². The van der Waals surface area contributed by atoms with Crippen LogP contribution in [0.5, 0.6) is 0 Å². The van der Waals surface area contributed by atoms with E-state index in [9.17, 15) is 0 Å². The summed E-state index contributed by atoms with van der Waals surface area (Å²) in [5.41, 5.74) is 1.40. The van der Waals surface area contributed by atoms with Crippen molar-refractivity contribution >= 4 is 17.3 Å². The maximum Gasteiger partial charge on any atom is 0.101 e. The first-order chi connectivity index (χ1) is 8.79. The molecule has 2 rings (SSSR count). The molecule has 18 heavy (non-hydrogen) atoms. The highest BCUT2D eigenvalue weighted by Crippen LogP contribution is 2.19. The first kappa shape index (κ1) is 12.5. The van der Waals surface area contributed by atoms with Gasteiger partial charge in [-0.1, -0.05) is 11.6 Å². The van der Waals surface area contributed by atoms with Crippen LogP contribution in [0.15, 0.2) is 36.9 Å². The molecule has 0 aliphatic rings. The lowest BCUT2D eigenvalue weighted by Crippen LogP contribution is -2.06. The van der Waals surface area contributed by atoms with E-state index in [1.54, 1.807) is 24.7 Å². The number of anilines is 1. The number of hydrogen-bond acceptors (Lipinski definition) is 3. The third-order valence-corrected chi connectivity index (χ3v) is 2.80. The molecule has 0 fully saturated rings. The van der Waals surface area contributed by atoms with Gasteiger partial charge in [-0.25, -0.2) is 4.98 Å². The maximum atomic E-state index is 8.99. The summed E-state index contributed by atoms with van der Waals surface area (Å²) in [6, 6.07) is 7.40. The summed E-state index contributed by atoms with van der Waals surface area (Å²) in [6.07, 6.45) is 6.45. The minimum absolute atomic E-state index is 0.574. The van der Waals surface area contributed by atoms with Crippen LogP contribution in [0.4, 0.5) is 5.69 Å². The highest BCUT2D eigenvalue weighted by Gasteiger charge is 2.01. The van der Waals surface area contributed by atoms with Gasteiger partial charge in [-0.3, -0.25) is 0 Å². The van der Waals surface area contributed by atoms with Crippen molar-refractivity contribution in [1.29, 1.82) is 5.26 Å². The number of halogens is 1. The summed E-state index contributed by atoms with van der Waals surface area (Å²) in [6.45, 7) is 1.71. The van der Waals surface area contributed by atoms with Gasteiger partial charge in [0.15, 0.2) is 0 Å². The van der Waals surface area contributed by atoms with Gasteiger partial charge in [0.05, 0.1) is 17.6 Å². The van der Waals surface area contributed by atoms with Crippen molar-refractivity contribution in [3.8, 4) is 6.07 Å². The number of aromatic nitrogens is 2. The summed E-state index contributed by atoms with van der Waals surface area (Å²) >= 11 is 5.84. The molecular formula is C13H13ClN4. The lowest BCUT2D eigenvalue weighted by Gasteiger charge is -2.08. The van der Waals surface area contributed by atoms with Gasteiger partial charge in [0.2, 0.25) is 0 Å². The fourth-order valence-electron chi connectivity index (χ4n) is 1.67. The zero-order valence-electron chi connectivity index (χ0n) is 9.81. The Morgan fingerprint density at radius 1 is 1.44 bits per heavy atom. The Bertz CT molecular complexity index is 543. The van der Waals surface area contributed by atoms with Crippen LogP contribution in [0.2, 0.25) is 5.02 Å². The molecule has 0 radical (unpaired) electrons. The maximum absolute atomic E-state index is 8.99. The van der Waals surface area contributed by atoms with E-state index in [1.807, 2.05) is 16.8 Å². The quantitative estimate of drug-likeness (QED) is 0.841. The molecule has 0 atom stereocenters. The predicted molar refractivity (Wildman–Crippen MR) is 71.5 cm³/mol. The molecule has 1 aromatic heterocycles. The highest BCUT2D eigenvalue weighted by atomic mass is 35.5. The second kappa shape index (κ2) is 6.08. The van der Waals surface area contributed by atoms with Crippen molar-refractivity contribution in [1.82, 2.24) is 9.55 Å². The molecule has 4 nitrogen and oxygen atoms in total. The number of nitrogens with one attached hydrogen (secondary N) is 1. The fourth-order valence-corrected chi connectivity index (χ4v) is 1.84. The molecule has 0 spiro atoms. The van der Waals surface area contributed by atoms with E-state index in [4.69, 9.17) is 16.9 Å². The Hall–Kier alpha value is -1.99. The van der Waals surface area contributed by atoms with Crippen LogP contribution in [-0.2, 0) is 6.54 Å². The summed E-state index contributed by atoms with van der Waals surface area (Å²) < 4.78 is 2.02. The Morgan fingerprint density at radius 2 is 2.33 bits per heavy atom. The standard InChI is InChI=1S/C13H13ClN4/c14-12-2-3-13(11(8-12)9-15)17-4-1-6-18-7-5-16-10-18/h2-3,5,7-8,10,17H,1,4,6H2. The summed E-state index contributed by atoms with van der Waals surface area (Å²) in [5, 5.41) is 12.8. The van der Waals surface area contributed by atoms with E-state index in [1.165, 1.54) is 0 Å². The van der Waals surface area contributed by atoms with Gasteiger partial charge in [0, 0.05) is 30.5 Å². The molecule has 0 saturated heterocycles. The monoisotopic (exact) mass is 260 g/mol. The largest absolute Gasteiger partial charge is 0.384 e. The first-order valence-electron chi connectivity index (χ1n) is 5.69. The Morgan fingerprint density at radius 3 is 3.06 bits per heavy atom. The van der Waals surface area contributed by atoms with Gasteiger partial charge in [0.1, 0.15) is 6.07 Å². The van der Waals surface area contributed by atoms with Crippen LogP contribution in [-0.4, -0.2) is 16.1 Å². The van der Waals surface area contributed by atoms with E-state index in [2.05, 4.69) is 16.4 Å². The van der Waals surface area contributed by atoms with Gasteiger partial charge >= 0.3 is 0 Å². The van der Waals surface area contributed by atoms with Gasteiger partial charge in [0.25, 0.3) is 0 Å². The SMILES string of the molecule is N#Cc1cc(Cl)ccc1NCCCn1ccnc1. The van der Waals surface area contributed by atoms with Crippen LogP contribution in [0, 0.1) is 11.3 Å². The second-order valence-corrected chi connectivity index (χ2v) is 4.32. The molecular weight excluding hydrogens is 248 g/mol. The third kappa shape index (κ3) is 3.25. The molecule has 2 aromatic rings. The normalized spacial score (nSPS) is 10.0. The van der Waals surface area contributed by atoms with Gasteiger partial charge in [-0.15, -0.1) is 0 Å². The Balaban J connectivity index is 1.85. The number of hydrogen-bond donors (Lipinski definition) is 1. The molecule has 0 aliphatic carbocycles. The summed E-state index contributed by atoms with van der Waals surface area (Å²) in [5.74, 6) is 0. The summed E-state index contributed by atoms with van der Waals surface area (Å²) in [7, 11) is 0. The second-order valence-electron chi connectivity index (χ2n) is 3.88. The average Bonchev–Trinajstić information content (AvgIpc) is 2.89. The van der Waals surface area contributed by atoms with Crippen molar-refractivity contribution in [2.45, 2.75) is 13.0 Å². The third-order valence-electron chi connectivity index (χ3n) is 2.57. The molecule has 0 bridgehead atoms. The zero-order chi connectivity index (χ0) is 12.8. The van der Waals surface area contributed by atoms with E-state index < -0.39 is 0 Å². The molecule has 92 valence electrons. The lowest BCUT2D eigenvalue weighted by atomic mass is 10.2.